The third kappa shape index (κ3) is 5.95. The molecule has 8 heteroatoms. The van der Waals surface area contributed by atoms with Crippen molar-refractivity contribution in [1.82, 2.24) is 10.4 Å². The highest BCUT2D eigenvalue weighted by Crippen LogP contribution is 2.29. The van der Waals surface area contributed by atoms with Crippen molar-refractivity contribution >= 4 is 46.6 Å². The zero-order chi connectivity index (χ0) is 25.0. The van der Waals surface area contributed by atoms with Crippen molar-refractivity contribution in [2.45, 2.75) is 33.2 Å². The van der Waals surface area contributed by atoms with Crippen LogP contribution in [0.3, 0.4) is 0 Å². The summed E-state index contributed by atoms with van der Waals surface area (Å²) >= 11 is 12.4. The topological polar surface area (TPSA) is 78.5 Å². The van der Waals surface area contributed by atoms with Crippen molar-refractivity contribution in [2.24, 2.45) is 0 Å². The molecule has 3 aromatic carbocycles. The highest BCUT2D eigenvalue weighted by Gasteiger charge is 2.31. The molecule has 2 N–H and O–H groups in total. The summed E-state index contributed by atoms with van der Waals surface area (Å²) in [5, 5.41) is 4.66. The third-order valence-electron chi connectivity index (χ3n) is 4.92. The summed E-state index contributed by atoms with van der Waals surface area (Å²) in [7, 11) is 0. The van der Waals surface area contributed by atoms with Crippen molar-refractivity contribution in [3.8, 4) is 11.1 Å². The lowest BCUT2D eigenvalue weighted by Gasteiger charge is -2.36. The fraction of sp³-hybridized carbons (Fsp3) is 0.192. The zero-order valence-electron chi connectivity index (χ0n) is 19.3. The van der Waals surface area contributed by atoms with E-state index >= 15 is 0 Å². The Kier molecular flexibility index (Phi) is 7.64. The molecule has 176 valence electrons. The second-order valence-electron chi connectivity index (χ2n) is 8.68. The van der Waals surface area contributed by atoms with Crippen LogP contribution in [0, 0.1) is 0 Å². The smallest absolute Gasteiger partial charge is 0.273 e. The summed E-state index contributed by atoms with van der Waals surface area (Å²) < 4.78 is 0. The summed E-state index contributed by atoms with van der Waals surface area (Å²) in [6, 6.07) is 18.9. The van der Waals surface area contributed by atoms with Gasteiger partial charge in [0.2, 0.25) is 5.91 Å². The van der Waals surface area contributed by atoms with Gasteiger partial charge in [0.15, 0.2) is 0 Å². The molecule has 0 heterocycles. The van der Waals surface area contributed by atoms with E-state index in [0.717, 1.165) is 5.56 Å². The summed E-state index contributed by atoms with van der Waals surface area (Å²) in [6.45, 7) is 6.82. The van der Waals surface area contributed by atoms with E-state index in [9.17, 15) is 14.4 Å². The summed E-state index contributed by atoms with van der Waals surface area (Å²) in [5.41, 5.74) is 4.51. The average molecular weight is 498 g/mol. The Hall–Kier alpha value is -3.35. The maximum Gasteiger partial charge on any atom is 0.273 e. The molecule has 3 aromatic rings. The van der Waals surface area contributed by atoms with Gasteiger partial charge in [0, 0.05) is 23.1 Å². The van der Waals surface area contributed by atoms with Crippen LogP contribution < -0.4 is 10.7 Å². The number of halogens is 2. The van der Waals surface area contributed by atoms with E-state index in [0.29, 0.717) is 21.8 Å². The number of carbonyl (C=O) groups excluding carboxylic acids is 3. The molecule has 6 nitrogen and oxygen atoms in total. The number of nitrogens with one attached hydrogen (secondary N) is 2. The lowest BCUT2D eigenvalue weighted by Crippen LogP contribution is -2.56. The van der Waals surface area contributed by atoms with E-state index in [-0.39, 0.29) is 22.4 Å². The minimum absolute atomic E-state index is 0.211. The van der Waals surface area contributed by atoms with Gasteiger partial charge in [-0.15, -0.1) is 0 Å². The van der Waals surface area contributed by atoms with E-state index < -0.39 is 11.4 Å². The first-order valence-electron chi connectivity index (χ1n) is 10.5. The van der Waals surface area contributed by atoms with Crippen molar-refractivity contribution < 1.29 is 14.4 Å². The van der Waals surface area contributed by atoms with Gasteiger partial charge in [-0.05, 0) is 68.3 Å². The molecule has 0 saturated carbocycles. The van der Waals surface area contributed by atoms with Crippen molar-refractivity contribution in [3.63, 3.8) is 0 Å². The van der Waals surface area contributed by atoms with Crippen LogP contribution in [0.4, 0.5) is 5.69 Å². The monoisotopic (exact) mass is 497 g/mol. The Morgan fingerprint density at radius 3 is 2.21 bits per heavy atom. The highest BCUT2D eigenvalue weighted by molar-refractivity contribution is 6.34. The Bertz CT molecular complexity index is 1250. The van der Waals surface area contributed by atoms with Gasteiger partial charge in [0.05, 0.1) is 16.2 Å². The van der Waals surface area contributed by atoms with Gasteiger partial charge >= 0.3 is 0 Å². The van der Waals surface area contributed by atoms with Gasteiger partial charge in [-0.3, -0.25) is 19.8 Å². The second kappa shape index (κ2) is 10.3. The standard InChI is InChI=1S/C26H25Cl2N3O3/c1-16(32)29-23-13-12-18(15-22(23)28)24(33)30-31(26(2,3)4)25(34)21-11-6-5-10-20(21)17-8-7-9-19(27)14-17/h5-15H,1-4H3,(H,29,32)(H,30,33). The molecule has 0 radical (unpaired) electrons. The number of carbonyl (C=O) groups is 3. The van der Waals surface area contributed by atoms with Crippen LogP contribution in [0.1, 0.15) is 48.4 Å². The first kappa shape index (κ1) is 25.3. The summed E-state index contributed by atoms with van der Waals surface area (Å²) in [4.78, 5) is 38.0. The maximum absolute atomic E-state index is 13.7. The molecule has 0 unspecified atom stereocenters. The van der Waals surface area contributed by atoms with Crippen molar-refractivity contribution in [3.05, 3.63) is 87.9 Å². The van der Waals surface area contributed by atoms with Gasteiger partial charge in [-0.25, -0.2) is 5.01 Å². The number of hydrazine groups is 1. The molecule has 34 heavy (non-hydrogen) atoms. The van der Waals surface area contributed by atoms with Gasteiger partial charge in [0.1, 0.15) is 0 Å². The van der Waals surface area contributed by atoms with E-state index in [2.05, 4.69) is 10.7 Å². The number of rotatable bonds is 4. The lowest BCUT2D eigenvalue weighted by molar-refractivity contribution is -0.114. The molecule has 0 bridgehead atoms. The first-order chi connectivity index (χ1) is 16.0. The molecule has 3 amide bonds. The average Bonchev–Trinajstić information content (AvgIpc) is 2.77. The third-order valence-corrected chi connectivity index (χ3v) is 5.47. The first-order valence-corrected chi connectivity index (χ1v) is 11.3. The number of amides is 3. The molecule has 0 saturated heterocycles. The lowest BCUT2D eigenvalue weighted by atomic mass is 9.97. The van der Waals surface area contributed by atoms with Crippen molar-refractivity contribution in [1.29, 1.82) is 0 Å². The van der Waals surface area contributed by atoms with Crippen LogP contribution in [0.5, 0.6) is 0 Å². The van der Waals surface area contributed by atoms with E-state index in [1.54, 1.807) is 24.3 Å². The Morgan fingerprint density at radius 1 is 0.882 bits per heavy atom. The summed E-state index contributed by atoms with van der Waals surface area (Å²) in [6.07, 6.45) is 0. The number of anilines is 1. The van der Waals surface area contributed by atoms with E-state index in [1.807, 2.05) is 45.0 Å². The minimum atomic E-state index is -0.742. The van der Waals surface area contributed by atoms with Crippen LogP contribution in [-0.4, -0.2) is 28.3 Å². The maximum atomic E-state index is 13.7. The predicted molar refractivity (Wildman–Crippen MR) is 136 cm³/mol. The van der Waals surface area contributed by atoms with Crippen LogP contribution in [-0.2, 0) is 4.79 Å². The van der Waals surface area contributed by atoms with Crippen LogP contribution in [0.25, 0.3) is 11.1 Å². The second-order valence-corrected chi connectivity index (χ2v) is 9.53. The number of hydrogen-bond acceptors (Lipinski definition) is 3. The van der Waals surface area contributed by atoms with Gasteiger partial charge in [-0.1, -0.05) is 53.5 Å². The molecule has 0 aromatic heterocycles. The normalized spacial score (nSPS) is 11.0. The minimum Gasteiger partial charge on any atom is -0.325 e. The number of benzene rings is 3. The molecule has 0 fully saturated rings. The molecule has 0 aliphatic heterocycles. The SMILES string of the molecule is CC(=O)Nc1ccc(C(=O)NN(C(=O)c2ccccc2-c2cccc(Cl)c2)C(C)(C)C)cc1Cl. The zero-order valence-corrected chi connectivity index (χ0v) is 20.8. The molecule has 0 atom stereocenters. The highest BCUT2D eigenvalue weighted by atomic mass is 35.5. The largest absolute Gasteiger partial charge is 0.325 e. The molecule has 3 rings (SSSR count). The molecular weight excluding hydrogens is 473 g/mol. The molecular formula is C26H25Cl2N3O3. The fourth-order valence-electron chi connectivity index (χ4n) is 3.33. The number of nitrogens with zero attached hydrogens (tertiary/aromatic N) is 1. The van der Waals surface area contributed by atoms with Gasteiger partial charge in [-0.2, -0.15) is 0 Å². The molecule has 0 aliphatic rings. The predicted octanol–water partition coefficient (Wildman–Crippen LogP) is 6.20. The van der Waals surface area contributed by atoms with Gasteiger partial charge in [0.25, 0.3) is 11.8 Å². The fourth-order valence-corrected chi connectivity index (χ4v) is 3.75. The van der Waals surface area contributed by atoms with Crippen LogP contribution in [0.15, 0.2) is 66.7 Å². The molecule has 0 aliphatic carbocycles. The van der Waals surface area contributed by atoms with Crippen LogP contribution in [0.2, 0.25) is 10.0 Å². The van der Waals surface area contributed by atoms with E-state index in [1.165, 1.54) is 30.1 Å². The number of hydrogen-bond donors (Lipinski definition) is 2. The quantitative estimate of drug-likeness (QED) is 0.420. The summed E-state index contributed by atoms with van der Waals surface area (Å²) in [5.74, 6) is -1.17. The van der Waals surface area contributed by atoms with E-state index in [4.69, 9.17) is 23.2 Å². The Morgan fingerprint density at radius 2 is 1.59 bits per heavy atom. The molecule has 0 spiro atoms. The Balaban J connectivity index is 1.94. The van der Waals surface area contributed by atoms with Crippen LogP contribution >= 0.6 is 23.2 Å². The van der Waals surface area contributed by atoms with Crippen molar-refractivity contribution in [2.75, 3.05) is 5.32 Å². The van der Waals surface area contributed by atoms with Gasteiger partial charge < -0.3 is 5.32 Å². The Labute approximate surface area is 208 Å².